The summed E-state index contributed by atoms with van der Waals surface area (Å²) >= 11 is 0. The molecule has 0 bridgehead atoms. The maximum Gasteiger partial charge on any atom is 0.115 e. The third-order valence-corrected chi connectivity index (χ3v) is 4.44. The van der Waals surface area contributed by atoms with Crippen molar-refractivity contribution < 1.29 is 5.11 Å². The summed E-state index contributed by atoms with van der Waals surface area (Å²) in [4.78, 5) is 2.43. The number of phenolic OH excluding ortho intramolecular Hbond substituents is 1. The summed E-state index contributed by atoms with van der Waals surface area (Å²) in [7, 11) is 2.20. The molecule has 2 N–H and O–H groups in total. The molecule has 0 saturated carbocycles. The Morgan fingerprint density at radius 1 is 1.37 bits per heavy atom. The van der Waals surface area contributed by atoms with Crippen molar-refractivity contribution in [1.82, 2.24) is 10.2 Å². The Balaban J connectivity index is 2.00. The van der Waals surface area contributed by atoms with Gasteiger partial charge < -0.3 is 15.3 Å². The first-order chi connectivity index (χ1) is 8.97. The highest BCUT2D eigenvalue weighted by Crippen LogP contribution is 2.25. The van der Waals surface area contributed by atoms with Crippen molar-refractivity contribution in [3.8, 4) is 5.75 Å². The van der Waals surface area contributed by atoms with E-state index in [0.717, 1.165) is 12.1 Å². The van der Waals surface area contributed by atoms with Gasteiger partial charge in [0.05, 0.1) is 0 Å². The number of benzene rings is 1. The smallest absolute Gasteiger partial charge is 0.115 e. The molecule has 106 valence electrons. The predicted octanol–water partition coefficient (Wildman–Crippen LogP) is 2.77. The molecular formula is C16H26N2O. The topological polar surface area (TPSA) is 35.5 Å². The second kappa shape index (κ2) is 5.93. The normalized spacial score (nSPS) is 30.2. The Bertz CT molecular complexity index is 421. The van der Waals surface area contributed by atoms with Crippen molar-refractivity contribution in [2.75, 3.05) is 13.6 Å². The van der Waals surface area contributed by atoms with Gasteiger partial charge in [-0.25, -0.2) is 0 Å². The number of nitrogens with one attached hydrogen (secondary N) is 1. The van der Waals surface area contributed by atoms with E-state index in [0.29, 0.717) is 23.8 Å². The lowest BCUT2D eigenvalue weighted by molar-refractivity contribution is 0.116. The molecule has 1 aliphatic heterocycles. The molecule has 4 atom stereocenters. The van der Waals surface area contributed by atoms with Gasteiger partial charge in [-0.1, -0.05) is 19.1 Å². The molecule has 1 heterocycles. The van der Waals surface area contributed by atoms with Crippen LogP contribution in [0.1, 0.15) is 38.8 Å². The number of likely N-dealkylation sites (tertiary alicyclic amines) is 1. The summed E-state index contributed by atoms with van der Waals surface area (Å²) in [6, 6.07) is 8.99. The standard InChI is InChI=1S/C16H26N2O/c1-11-10-18(4)12(2)8-16(11)17-13(3)14-6-5-7-15(19)9-14/h5-7,9,11-13,16-17,19H,8,10H2,1-4H3. The van der Waals surface area contributed by atoms with Gasteiger partial charge in [-0.15, -0.1) is 0 Å². The van der Waals surface area contributed by atoms with E-state index < -0.39 is 0 Å². The summed E-state index contributed by atoms with van der Waals surface area (Å²) < 4.78 is 0. The zero-order valence-electron chi connectivity index (χ0n) is 12.4. The second-order valence-corrected chi connectivity index (χ2v) is 6.09. The van der Waals surface area contributed by atoms with E-state index in [1.807, 2.05) is 12.1 Å². The largest absolute Gasteiger partial charge is 0.508 e. The van der Waals surface area contributed by atoms with Crippen LogP contribution in [0.4, 0.5) is 0 Å². The molecule has 1 aromatic carbocycles. The fourth-order valence-electron chi connectivity index (χ4n) is 2.98. The Morgan fingerprint density at radius 2 is 2.11 bits per heavy atom. The van der Waals surface area contributed by atoms with Gasteiger partial charge in [0, 0.05) is 24.7 Å². The van der Waals surface area contributed by atoms with E-state index in [1.165, 1.54) is 6.42 Å². The molecule has 2 rings (SSSR count). The molecule has 1 aliphatic rings. The van der Waals surface area contributed by atoms with Gasteiger partial charge in [-0.3, -0.25) is 0 Å². The molecule has 3 heteroatoms. The van der Waals surface area contributed by atoms with Crippen LogP contribution < -0.4 is 5.32 Å². The molecule has 1 aromatic rings. The summed E-state index contributed by atoms with van der Waals surface area (Å²) in [5.74, 6) is 0.997. The molecule has 0 spiro atoms. The summed E-state index contributed by atoms with van der Waals surface area (Å²) in [6.07, 6.45) is 1.18. The molecular weight excluding hydrogens is 236 g/mol. The van der Waals surface area contributed by atoms with Crippen LogP contribution in [-0.4, -0.2) is 35.7 Å². The summed E-state index contributed by atoms with van der Waals surface area (Å²) in [5, 5.41) is 13.3. The van der Waals surface area contributed by atoms with Gasteiger partial charge in [0.25, 0.3) is 0 Å². The van der Waals surface area contributed by atoms with Gasteiger partial charge in [0.2, 0.25) is 0 Å². The quantitative estimate of drug-likeness (QED) is 0.879. The highest BCUT2D eigenvalue weighted by molar-refractivity contribution is 5.29. The molecule has 0 aromatic heterocycles. The minimum atomic E-state index is 0.273. The van der Waals surface area contributed by atoms with Crippen LogP contribution in [0.2, 0.25) is 0 Å². The maximum atomic E-state index is 9.56. The summed E-state index contributed by atoms with van der Waals surface area (Å²) in [5.41, 5.74) is 1.15. The number of aromatic hydroxyl groups is 1. The Hall–Kier alpha value is -1.06. The molecule has 0 radical (unpaired) electrons. The average Bonchev–Trinajstić information content (AvgIpc) is 2.36. The van der Waals surface area contributed by atoms with Gasteiger partial charge in [-0.2, -0.15) is 0 Å². The van der Waals surface area contributed by atoms with Crippen molar-refractivity contribution in [1.29, 1.82) is 0 Å². The molecule has 1 fully saturated rings. The van der Waals surface area contributed by atoms with Gasteiger partial charge in [0.15, 0.2) is 0 Å². The van der Waals surface area contributed by atoms with Gasteiger partial charge in [-0.05, 0) is 50.9 Å². The number of hydrogen-bond acceptors (Lipinski definition) is 3. The van der Waals surface area contributed by atoms with Crippen LogP contribution in [-0.2, 0) is 0 Å². The predicted molar refractivity (Wildman–Crippen MR) is 79.3 cm³/mol. The minimum Gasteiger partial charge on any atom is -0.508 e. The van der Waals surface area contributed by atoms with E-state index >= 15 is 0 Å². The monoisotopic (exact) mass is 262 g/mol. The number of piperidine rings is 1. The molecule has 0 amide bonds. The lowest BCUT2D eigenvalue weighted by atomic mass is 9.89. The van der Waals surface area contributed by atoms with Crippen LogP contribution >= 0.6 is 0 Å². The SMILES string of the molecule is CC(NC1CC(C)N(C)CC1C)c1cccc(O)c1. The van der Waals surface area contributed by atoms with E-state index in [1.54, 1.807) is 6.07 Å². The molecule has 1 saturated heterocycles. The number of nitrogens with zero attached hydrogens (tertiary/aromatic N) is 1. The number of hydrogen-bond donors (Lipinski definition) is 2. The molecule has 0 aliphatic carbocycles. The fourth-order valence-corrected chi connectivity index (χ4v) is 2.98. The molecule has 4 unspecified atom stereocenters. The van der Waals surface area contributed by atoms with Gasteiger partial charge >= 0.3 is 0 Å². The van der Waals surface area contributed by atoms with E-state index in [-0.39, 0.29) is 6.04 Å². The first kappa shape index (κ1) is 14.4. The number of rotatable bonds is 3. The zero-order valence-corrected chi connectivity index (χ0v) is 12.4. The number of phenols is 1. The Morgan fingerprint density at radius 3 is 2.79 bits per heavy atom. The highest BCUT2D eigenvalue weighted by atomic mass is 16.3. The molecule has 3 nitrogen and oxygen atoms in total. The Labute approximate surface area is 116 Å². The first-order valence-corrected chi connectivity index (χ1v) is 7.22. The van der Waals surface area contributed by atoms with Crippen molar-refractivity contribution in [2.24, 2.45) is 5.92 Å². The van der Waals surface area contributed by atoms with Crippen LogP contribution in [0.15, 0.2) is 24.3 Å². The van der Waals surface area contributed by atoms with Crippen LogP contribution in [0, 0.1) is 5.92 Å². The van der Waals surface area contributed by atoms with Crippen molar-refractivity contribution in [2.45, 2.75) is 45.3 Å². The lowest BCUT2D eigenvalue weighted by Crippen LogP contribution is -2.51. The van der Waals surface area contributed by atoms with Crippen LogP contribution in [0.25, 0.3) is 0 Å². The Kier molecular flexibility index (Phi) is 4.48. The average molecular weight is 262 g/mol. The van der Waals surface area contributed by atoms with E-state index in [2.05, 4.69) is 44.1 Å². The molecule has 19 heavy (non-hydrogen) atoms. The van der Waals surface area contributed by atoms with Crippen LogP contribution in [0.5, 0.6) is 5.75 Å². The van der Waals surface area contributed by atoms with Crippen molar-refractivity contribution >= 4 is 0 Å². The fraction of sp³-hybridized carbons (Fsp3) is 0.625. The zero-order chi connectivity index (χ0) is 14.0. The highest BCUT2D eigenvalue weighted by Gasteiger charge is 2.29. The van der Waals surface area contributed by atoms with Gasteiger partial charge in [0.1, 0.15) is 5.75 Å². The third-order valence-electron chi connectivity index (χ3n) is 4.44. The third kappa shape index (κ3) is 3.48. The minimum absolute atomic E-state index is 0.273. The van der Waals surface area contributed by atoms with Crippen LogP contribution in [0.3, 0.4) is 0 Å². The van der Waals surface area contributed by atoms with E-state index in [9.17, 15) is 5.11 Å². The first-order valence-electron chi connectivity index (χ1n) is 7.22. The summed E-state index contributed by atoms with van der Waals surface area (Å²) in [6.45, 7) is 7.92. The second-order valence-electron chi connectivity index (χ2n) is 6.09. The van der Waals surface area contributed by atoms with Crippen molar-refractivity contribution in [3.63, 3.8) is 0 Å². The van der Waals surface area contributed by atoms with E-state index in [4.69, 9.17) is 0 Å². The lowest BCUT2D eigenvalue weighted by Gasteiger charge is -2.41. The maximum absolute atomic E-state index is 9.56. The van der Waals surface area contributed by atoms with Crippen molar-refractivity contribution in [3.05, 3.63) is 29.8 Å².